The van der Waals surface area contributed by atoms with Gasteiger partial charge < -0.3 is 4.74 Å². The van der Waals surface area contributed by atoms with Gasteiger partial charge >= 0.3 is 6.01 Å². The highest BCUT2D eigenvalue weighted by Crippen LogP contribution is 2.25. The molecule has 0 aliphatic heterocycles. The van der Waals surface area contributed by atoms with Gasteiger partial charge in [-0.3, -0.25) is 4.57 Å². The Morgan fingerprint density at radius 1 is 1.50 bits per heavy atom. The maximum absolute atomic E-state index is 5.87. The number of imidazole rings is 1. The number of halogens is 2. The van der Waals surface area contributed by atoms with Crippen LogP contribution in [-0.2, 0) is 6.54 Å². The van der Waals surface area contributed by atoms with Crippen molar-refractivity contribution < 1.29 is 4.74 Å². The smallest absolute Gasteiger partial charge is 0.302 e. The van der Waals surface area contributed by atoms with E-state index >= 15 is 0 Å². The Morgan fingerprint density at radius 3 is 3.00 bits per heavy atom. The zero-order valence-corrected chi connectivity index (χ0v) is 11.0. The van der Waals surface area contributed by atoms with Crippen LogP contribution in [0.2, 0.25) is 5.02 Å². The molecule has 0 bridgehead atoms. The minimum atomic E-state index is 0.552. The van der Waals surface area contributed by atoms with Crippen LogP contribution in [0.3, 0.4) is 0 Å². The van der Waals surface area contributed by atoms with Crippen LogP contribution >= 0.6 is 27.5 Å². The molecule has 0 atom stereocenters. The fraction of sp³-hybridized carbons (Fsp3) is 0.182. The summed E-state index contributed by atoms with van der Waals surface area (Å²) >= 11 is 9.27. The summed E-state index contributed by atoms with van der Waals surface area (Å²) in [5, 5.41) is 0.645. The van der Waals surface area contributed by atoms with Crippen molar-refractivity contribution in [3.8, 4) is 11.8 Å². The van der Waals surface area contributed by atoms with Crippen molar-refractivity contribution in [2.45, 2.75) is 13.5 Å². The van der Waals surface area contributed by atoms with Crippen molar-refractivity contribution in [3.63, 3.8) is 0 Å². The Kier molecular flexibility index (Phi) is 3.51. The van der Waals surface area contributed by atoms with E-state index in [1.165, 1.54) is 0 Å². The predicted molar refractivity (Wildman–Crippen MR) is 67.1 cm³/mol. The van der Waals surface area contributed by atoms with Gasteiger partial charge in [0, 0.05) is 11.6 Å². The van der Waals surface area contributed by atoms with Crippen LogP contribution in [0, 0.1) is 0 Å². The van der Waals surface area contributed by atoms with Gasteiger partial charge in [-0.05, 0) is 41.1 Å². The molecule has 0 N–H and O–H groups in total. The Bertz CT molecular complexity index is 498. The summed E-state index contributed by atoms with van der Waals surface area (Å²) in [5.41, 5.74) is 0. The van der Waals surface area contributed by atoms with E-state index < -0.39 is 0 Å². The molecule has 0 aliphatic rings. The van der Waals surface area contributed by atoms with E-state index in [1.54, 1.807) is 18.3 Å². The molecule has 1 aromatic carbocycles. The Morgan fingerprint density at radius 2 is 2.31 bits per heavy atom. The number of ether oxygens (including phenoxy) is 1. The first kappa shape index (κ1) is 11.5. The molecule has 0 spiro atoms. The van der Waals surface area contributed by atoms with Crippen molar-refractivity contribution >= 4 is 27.5 Å². The molecule has 16 heavy (non-hydrogen) atoms. The second-order valence-corrected chi connectivity index (χ2v) is 4.42. The lowest BCUT2D eigenvalue weighted by atomic mass is 10.3. The molecule has 0 radical (unpaired) electrons. The molecule has 0 saturated heterocycles. The monoisotopic (exact) mass is 300 g/mol. The number of hydrogen-bond acceptors (Lipinski definition) is 2. The summed E-state index contributed by atoms with van der Waals surface area (Å²) in [4.78, 5) is 4.16. The van der Waals surface area contributed by atoms with Gasteiger partial charge in [-0.15, -0.1) is 0 Å². The maximum atomic E-state index is 5.87. The van der Waals surface area contributed by atoms with Crippen LogP contribution < -0.4 is 4.74 Å². The zero-order chi connectivity index (χ0) is 11.5. The van der Waals surface area contributed by atoms with Crippen LogP contribution in [0.1, 0.15) is 6.92 Å². The summed E-state index contributed by atoms with van der Waals surface area (Å²) in [7, 11) is 0. The highest BCUT2D eigenvalue weighted by Gasteiger charge is 2.08. The summed E-state index contributed by atoms with van der Waals surface area (Å²) in [6.07, 6.45) is 1.71. The first-order chi connectivity index (χ1) is 7.70. The quantitative estimate of drug-likeness (QED) is 0.853. The minimum Gasteiger partial charge on any atom is -0.425 e. The van der Waals surface area contributed by atoms with Gasteiger partial charge in [0.15, 0.2) is 0 Å². The SMILES string of the molecule is CCn1c(Br)cnc1Oc1cccc(Cl)c1. The fourth-order valence-electron chi connectivity index (χ4n) is 1.34. The predicted octanol–water partition coefficient (Wildman–Crippen LogP) is 4.11. The Labute approximate surface area is 107 Å². The van der Waals surface area contributed by atoms with E-state index in [4.69, 9.17) is 16.3 Å². The summed E-state index contributed by atoms with van der Waals surface area (Å²) in [5.74, 6) is 0.681. The number of nitrogens with zero attached hydrogens (tertiary/aromatic N) is 2. The van der Waals surface area contributed by atoms with Gasteiger partial charge in [0.05, 0.1) is 6.20 Å². The van der Waals surface area contributed by atoms with Crippen molar-refractivity contribution in [2.24, 2.45) is 0 Å². The molecular formula is C11H10BrClN2O. The highest BCUT2D eigenvalue weighted by molar-refractivity contribution is 9.10. The number of aromatic nitrogens is 2. The molecule has 1 aromatic heterocycles. The lowest BCUT2D eigenvalue weighted by Gasteiger charge is -2.07. The summed E-state index contributed by atoms with van der Waals surface area (Å²) < 4.78 is 8.45. The molecule has 2 aromatic rings. The van der Waals surface area contributed by atoms with Crippen LogP contribution in [0.25, 0.3) is 0 Å². The van der Waals surface area contributed by atoms with E-state index in [0.29, 0.717) is 16.8 Å². The average Bonchev–Trinajstić information content (AvgIpc) is 2.59. The topological polar surface area (TPSA) is 27.1 Å². The molecule has 2 rings (SSSR count). The molecule has 0 amide bonds. The van der Waals surface area contributed by atoms with Crippen LogP contribution in [0.5, 0.6) is 11.8 Å². The first-order valence-corrected chi connectivity index (χ1v) is 6.02. The lowest BCUT2D eigenvalue weighted by molar-refractivity contribution is 0.413. The lowest BCUT2D eigenvalue weighted by Crippen LogP contribution is -1.98. The van der Waals surface area contributed by atoms with E-state index in [0.717, 1.165) is 11.1 Å². The van der Waals surface area contributed by atoms with E-state index in [9.17, 15) is 0 Å². The van der Waals surface area contributed by atoms with Crippen molar-refractivity contribution in [1.82, 2.24) is 9.55 Å². The number of benzene rings is 1. The van der Waals surface area contributed by atoms with Crippen molar-refractivity contribution in [3.05, 3.63) is 40.1 Å². The second-order valence-electron chi connectivity index (χ2n) is 3.17. The summed E-state index contributed by atoms with van der Waals surface area (Å²) in [6.45, 7) is 2.81. The Balaban J connectivity index is 2.27. The normalized spacial score (nSPS) is 10.4. The molecule has 84 valence electrons. The number of rotatable bonds is 3. The van der Waals surface area contributed by atoms with E-state index in [1.807, 2.05) is 23.6 Å². The van der Waals surface area contributed by atoms with Gasteiger partial charge in [-0.1, -0.05) is 17.7 Å². The molecule has 0 saturated carbocycles. The highest BCUT2D eigenvalue weighted by atomic mass is 79.9. The van der Waals surface area contributed by atoms with Crippen molar-refractivity contribution in [1.29, 1.82) is 0 Å². The largest absolute Gasteiger partial charge is 0.425 e. The standard InChI is InChI=1S/C11H10BrClN2O/c1-2-15-10(12)7-14-11(15)16-9-5-3-4-8(13)6-9/h3-7H,2H2,1H3. The summed E-state index contributed by atoms with van der Waals surface area (Å²) in [6, 6.07) is 7.79. The second kappa shape index (κ2) is 4.89. The van der Waals surface area contributed by atoms with Gasteiger partial charge in [-0.25, -0.2) is 4.98 Å². The molecule has 0 fully saturated rings. The molecule has 1 heterocycles. The van der Waals surface area contributed by atoms with Crippen LogP contribution in [0.4, 0.5) is 0 Å². The van der Waals surface area contributed by atoms with Gasteiger partial charge in [-0.2, -0.15) is 0 Å². The zero-order valence-electron chi connectivity index (χ0n) is 8.65. The van der Waals surface area contributed by atoms with E-state index in [-0.39, 0.29) is 0 Å². The molecule has 0 aliphatic carbocycles. The van der Waals surface area contributed by atoms with Crippen molar-refractivity contribution in [2.75, 3.05) is 0 Å². The molecule has 3 nitrogen and oxygen atoms in total. The Hall–Kier alpha value is -1.00. The minimum absolute atomic E-state index is 0.552. The molecule has 0 unspecified atom stereocenters. The fourth-order valence-corrected chi connectivity index (χ4v) is 2.03. The number of hydrogen-bond donors (Lipinski definition) is 0. The van der Waals surface area contributed by atoms with Crippen LogP contribution in [0.15, 0.2) is 35.1 Å². The van der Waals surface area contributed by atoms with Gasteiger partial charge in [0.1, 0.15) is 10.4 Å². The maximum Gasteiger partial charge on any atom is 0.302 e. The third kappa shape index (κ3) is 2.39. The molecular weight excluding hydrogens is 291 g/mol. The third-order valence-electron chi connectivity index (χ3n) is 2.09. The van der Waals surface area contributed by atoms with Gasteiger partial charge in [0.2, 0.25) is 0 Å². The average molecular weight is 302 g/mol. The van der Waals surface area contributed by atoms with E-state index in [2.05, 4.69) is 20.9 Å². The third-order valence-corrected chi connectivity index (χ3v) is 2.96. The first-order valence-electron chi connectivity index (χ1n) is 4.85. The molecule has 5 heteroatoms. The van der Waals surface area contributed by atoms with Gasteiger partial charge in [0.25, 0.3) is 0 Å². The van der Waals surface area contributed by atoms with Crippen LogP contribution in [-0.4, -0.2) is 9.55 Å².